The Bertz CT molecular complexity index is 1080. The fourth-order valence-electron chi connectivity index (χ4n) is 3.66. The van der Waals surface area contributed by atoms with Crippen molar-refractivity contribution >= 4 is 17.0 Å². The van der Waals surface area contributed by atoms with Crippen molar-refractivity contribution in [2.45, 2.75) is 25.8 Å². The van der Waals surface area contributed by atoms with Crippen LogP contribution in [0.4, 0.5) is 0 Å². The lowest BCUT2D eigenvalue weighted by atomic mass is 9.98. The Morgan fingerprint density at radius 3 is 2.64 bits per heavy atom. The number of benzene rings is 2. The van der Waals surface area contributed by atoms with Crippen LogP contribution in [0.15, 0.2) is 39.5 Å². The number of fused-ring (bicyclic) bond motifs is 2. The molecule has 3 aromatic rings. The highest BCUT2D eigenvalue weighted by Crippen LogP contribution is 2.33. The Morgan fingerprint density at radius 1 is 1.14 bits per heavy atom. The van der Waals surface area contributed by atoms with E-state index in [9.17, 15) is 9.59 Å². The largest absolute Gasteiger partial charge is 0.493 e. The molecule has 7 nitrogen and oxygen atoms in total. The summed E-state index contributed by atoms with van der Waals surface area (Å²) >= 11 is 0. The summed E-state index contributed by atoms with van der Waals surface area (Å²) in [7, 11) is 3.24. The predicted molar refractivity (Wildman–Crippen MR) is 104 cm³/mol. The number of methoxy groups -OCH3 is 2. The highest BCUT2D eigenvalue weighted by atomic mass is 16.5. The van der Waals surface area contributed by atoms with Gasteiger partial charge in [0.15, 0.2) is 17.1 Å². The van der Waals surface area contributed by atoms with Gasteiger partial charge in [0.2, 0.25) is 5.91 Å². The number of nitrogens with zero attached hydrogens (tertiary/aromatic N) is 1. The Kier molecular flexibility index (Phi) is 4.81. The number of oxazole rings is 1. The van der Waals surface area contributed by atoms with Gasteiger partial charge in [-0.2, -0.15) is 0 Å². The molecule has 0 unspecified atom stereocenters. The van der Waals surface area contributed by atoms with Gasteiger partial charge in [-0.3, -0.25) is 9.78 Å². The molecule has 0 bridgehead atoms. The molecular formula is C21H22N2O5. The standard InChI is InChI=1S/C21H22N2O5/c1-26-18-10-14-7-8-23(12-15(14)11-19(18)27-2)20(24)6-4-13-3-5-17-16(9-13)22-21(25)28-17/h3,5,9-11H,4,6-8,12H2,1-2H3,(H,22,25). The molecule has 0 atom stereocenters. The molecule has 1 aromatic heterocycles. The summed E-state index contributed by atoms with van der Waals surface area (Å²) in [4.78, 5) is 28.5. The topological polar surface area (TPSA) is 84.8 Å². The van der Waals surface area contributed by atoms with E-state index < -0.39 is 5.76 Å². The van der Waals surface area contributed by atoms with Crippen LogP contribution < -0.4 is 15.2 Å². The van der Waals surface area contributed by atoms with Gasteiger partial charge in [0.1, 0.15) is 0 Å². The van der Waals surface area contributed by atoms with Gasteiger partial charge in [0, 0.05) is 19.5 Å². The van der Waals surface area contributed by atoms with Gasteiger partial charge >= 0.3 is 5.76 Å². The second kappa shape index (κ2) is 7.42. The molecule has 146 valence electrons. The van der Waals surface area contributed by atoms with Gasteiger partial charge in [-0.15, -0.1) is 0 Å². The number of aryl methyl sites for hydroxylation is 1. The number of hydrogen-bond acceptors (Lipinski definition) is 5. The van der Waals surface area contributed by atoms with Crippen LogP contribution in [-0.4, -0.2) is 36.6 Å². The van der Waals surface area contributed by atoms with Crippen LogP contribution in [0.2, 0.25) is 0 Å². The summed E-state index contributed by atoms with van der Waals surface area (Å²) in [5, 5.41) is 0. The average Bonchev–Trinajstić information content (AvgIpc) is 3.09. The average molecular weight is 382 g/mol. The second-order valence-electron chi connectivity index (χ2n) is 6.89. The van der Waals surface area contributed by atoms with E-state index in [-0.39, 0.29) is 5.91 Å². The first kappa shape index (κ1) is 18.2. The zero-order valence-corrected chi connectivity index (χ0v) is 15.9. The maximum atomic E-state index is 12.7. The minimum absolute atomic E-state index is 0.112. The van der Waals surface area contributed by atoms with Crippen molar-refractivity contribution in [2.75, 3.05) is 20.8 Å². The van der Waals surface area contributed by atoms with Crippen molar-refractivity contribution in [1.29, 1.82) is 0 Å². The van der Waals surface area contributed by atoms with Crippen molar-refractivity contribution in [2.24, 2.45) is 0 Å². The summed E-state index contributed by atoms with van der Waals surface area (Å²) in [5.74, 6) is 1.04. The third-order valence-corrected chi connectivity index (χ3v) is 5.18. The number of aromatic nitrogens is 1. The molecule has 1 aliphatic heterocycles. The molecule has 1 N–H and O–H groups in total. The summed E-state index contributed by atoms with van der Waals surface area (Å²) < 4.78 is 15.7. The lowest BCUT2D eigenvalue weighted by molar-refractivity contribution is -0.132. The lowest BCUT2D eigenvalue weighted by Gasteiger charge is -2.29. The van der Waals surface area contributed by atoms with Gasteiger partial charge in [-0.05, 0) is 53.8 Å². The van der Waals surface area contributed by atoms with E-state index in [0.29, 0.717) is 48.5 Å². The maximum Gasteiger partial charge on any atom is 0.417 e. The smallest absolute Gasteiger partial charge is 0.417 e. The van der Waals surface area contributed by atoms with Crippen LogP contribution in [-0.2, 0) is 24.2 Å². The number of carbonyl (C=O) groups is 1. The summed E-state index contributed by atoms with van der Waals surface area (Å²) in [5.41, 5.74) is 4.45. The Balaban J connectivity index is 1.43. The van der Waals surface area contributed by atoms with E-state index >= 15 is 0 Å². The highest BCUT2D eigenvalue weighted by Gasteiger charge is 2.22. The maximum absolute atomic E-state index is 12.7. The van der Waals surface area contributed by atoms with Crippen LogP contribution in [0.1, 0.15) is 23.1 Å². The highest BCUT2D eigenvalue weighted by molar-refractivity contribution is 5.77. The first-order chi connectivity index (χ1) is 13.6. The number of hydrogen-bond donors (Lipinski definition) is 1. The van der Waals surface area contributed by atoms with Crippen molar-refractivity contribution in [3.63, 3.8) is 0 Å². The van der Waals surface area contributed by atoms with E-state index in [1.807, 2.05) is 29.2 Å². The van der Waals surface area contributed by atoms with Gasteiger partial charge in [-0.25, -0.2) is 4.79 Å². The van der Waals surface area contributed by atoms with Crippen molar-refractivity contribution in [3.8, 4) is 11.5 Å². The predicted octanol–water partition coefficient (Wildman–Crippen LogP) is 2.66. The summed E-state index contributed by atoms with van der Waals surface area (Å²) in [6.07, 6.45) is 1.82. The molecule has 0 spiro atoms. The minimum atomic E-state index is -0.470. The van der Waals surface area contributed by atoms with Gasteiger partial charge < -0.3 is 18.8 Å². The van der Waals surface area contributed by atoms with E-state index in [4.69, 9.17) is 13.9 Å². The molecule has 0 saturated carbocycles. The fourth-order valence-corrected chi connectivity index (χ4v) is 3.66. The van der Waals surface area contributed by atoms with Crippen molar-refractivity contribution in [3.05, 3.63) is 57.6 Å². The molecule has 4 rings (SSSR count). The van der Waals surface area contributed by atoms with Crippen LogP contribution in [0.3, 0.4) is 0 Å². The normalized spacial score (nSPS) is 13.4. The molecule has 7 heteroatoms. The molecule has 1 amide bonds. The number of nitrogens with one attached hydrogen (secondary N) is 1. The van der Waals surface area contributed by atoms with Crippen LogP contribution in [0, 0.1) is 0 Å². The monoisotopic (exact) mass is 382 g/mol. The Labute approximate surface area is 161 Å². The Morgan fingerprint density at radius 2 is 1.89 bits per heavy atom. The number of carbonyl (C=O) groups excluding carboxylic acids is 1. The van der Waals surface area contributed by atoms with E-state index in [0.717, 1.165) is 17.5 Å². The summed E-state index contributed by atoms with van der Waals surface area (Å²) in [6, 6.07) is 9.45. The molecule has 1 aliphatic rings. The first-order valence-electron chi connectivity index (χ1n) is 9.20. The SMILES string of the molecule is COc1cc2c(cc1OC)CN(C(=O)CCc1ccc3oc(=O)[nH]c3c1)CC2. The number of amides is 1. The van der Waals surface area contributed by atoms with E-state index in [2.05, 4.69) is 4.98 Å². The number of ether oxygens (including phenoxy) is 2. The Hall–Kier alpha value is -3.22. The van der Waals surface area contributed by atoms with Crippen molar-refractivity contribution in [1.82, 2.24) is 9.88 Å². The molecule has 28 heavy (non-hydrogen) atoms. The zero-order chi connectivity index (χ0) is 19.7. The molecule has 0 aliphatic carbocycles. The van der Waals surface area contributed by atoms with Crippen LogP contribution in [0.5, 0.6) is 11.5 Å². The third kappa shape index (κ3) is 3.47. The molecule has 0 radical (unpaired) electrons. The van der Waals surface area contributed by atoms with Crippen LogP contribution in [0.25, 0.3) is 11.1 Å². The van der Waals surface area contributed by atoms with E-state index in [1.54, 1.807) is 20.3 Å². The molecule has 0 fully saturated rings. The van der Waals surface area contributed by atoms with Crippen molar-refractivity contribution < 1.29 is 18.7 Å². The molecular weight excluding hydrogens is 360 g/mol. The number of aromatic amines is 1. The van der Waals surface area contributed by atoms with Crippen LogP contribution >= 0.6 is 0 Å². The van der Waals surface area contributed by atoms with Gasteiger partial charge in [0.25, 0.3) is 0 Å². The second-order valence-corrected chi connectivity index (χ2v) is 6.89. The zero-order valence-electron chi connectivity index (χ0n) is 15.9. The number of rotatable bonds is 5. The van der Waals surface area contributed by atoms with Gasteiger partial charge in [0.05, 0.1) is 19.7 Å². The molecule has 2 aromatic carbocycles. The molecule has 2 heterocycles. The van der Waals surface area contributed by atoms with Gasteiger partial charge in [-0.1, -0.05) is 6.07 Å². The molecule has 0 saturated heterocycles. The van der Waals surface area contributed by atoms with E-state index in [1.165, 1.54) is 5.56 Å². The summed E-state index contributed by atoms with van der Waals surface area (Å²) in [6.45, 7) is 1.26. The lowest BCUT2D eigenvalue weighted by Crippen LogP contribution is -2.36. The third-order valence-electron chi connectivity index (χ3n) is 5.18. The first-order valence-corrected chi connectivity index (χ1v) is 9.20. The number of H-pyrrole nitrogens is 1. The quantitative estimate of drug-likeness (QED) is 0.733. The fraction of sp³-hybridized carbons (Fsp3) is 0.333. The minimum Gasteiger partial charge on any atom is -0.493 e.